The summed E-state index contributed by atoms with van der Waals surface area (Å²) in [5, 5.41) is 11.4. The average molecular weight is 301 g/mol. The number of benzene rings is 1. The SMILES string of the molecule is N/C(=N/O)c1cc(Cl)ccc1OCC(F)(F)C(F)F. The summed E-state index contributed by atoms with van der Waals surface area (Å²) in [6.45, 7) is -1.54. The zero-order valence-electron chi connectivity index (χ0n) is 9.29. The molecule has 0 amide bonds. The summed E-state index contributed by atoms with van der Waals surface area (Å²) in [6, 6.07) is 3.62. The van der Waals surface area contributed by atoms with Gasteiger partial charge in [-0.3, -0.25) is 0 Å². The van der Waals surface area contributed by atoms with Gasteiger partial charge in [-0.15, -0.1) is 0 Å². The highest BCUT2D eigenvalue weighted by atomic mass is 35.5. The minimum Gasteiger partial charge on any atom is -0.486 e. The zero-order chi connectivity index (χ0) is 14.6. The number of oxime groups is 1. The number of ether oxygens (including phenoxy) is 1. The molecule has 106 valence electrons. The topological polar surface area (TPSA) is 67.8 Å². The molecule has 1 rings (SSSR count). The number of hydrogen-bond donors (Lipinski definition) is 2. The van der Waals surface area contributed by atoms with E-state index in [4.69, 9.17) is 22.5 Å². The molecule has 0 aliphatic heterocycles. The lowest BCUT2D eigenvalue weighted by Gasteiger charge is -2.17. The fourth-order valence-corrected chi connectivity index (χ4v) is 1.29. The zero-order valence-corrected chi connectivity index (χ0v) is 10.0. The third kappa shape index (κ3) is 3.88. The maximum absolute atomic E-state index is 12.7. The van der Waals surface area contributed by atoms with Crippen molar-refractivity contribution in [2.24, 2.45) is 10.9 Å². The summed E-state index contributed by atoms with van der Waals surface area (Å²) in [5.41, 5.74) is 5.21. The fourth-order valence-electron chi connectivity index (χ4n) is 1.12. The lowest BCUT2D eigenvalue weighted by Crippen LogP contribution is -2.34. The fraction of sp³-hybridized carbons (Fsp3) is 0.300. The molecule has 0 spiro atoms. The van der Waals surface area contributed by atoms with Gasteiger partial charge in [-0.1, -0.05) is 16.8 Å². The molecule has 1 aromatic rings. The molecular weight excluding hydrogens is 292 g/mol. The molecule has 0 atom stereocenters. The van der Waals surface area contributed by atoms with Crippen molar-refractivity contribution >= 4 is 17.4 Å². The van der Waals surface area contributed by atoms with E-state index in [-0.39, 0.29) is 16.3 Å². The number of halogens is 5. The van der Waals surface area contributed by atoms with Gasteiger partial charge in [0, 0.05) is 5.02 Å². The van der Waals surface area contributed by atoms with Gasteiger partial charge in [0.1, 0.15) is 5.75 Å². The molecule has 0 aromatic heterocycles. The summed E-state index contributed by atoms with van der Waals surface area (Å²) in [6.07, 6.45) is -3.85. The quantitative estimate of drug-likeness (QED) is 0.289. The number of nitrogens with zero attached hydrogens (tertiary/aromatic N) is 1. The maximum atomic E-state index is 12.7. The number of hydrogen-bond acceptors (Lipinski definition) is 3. The average Bonchev–Trinajstić information content (AvgIpc) is 2.36. The Morgan fingerprint density at radius 2 is 2.11 bits per heavy atom. The highest BCUT2D eigenvalue weighted by molar-refractivity contribution is 6.31. The second-order valence-electron chi connectivity index (χ2n) is 3.48. The first kappa shape index (κ1) is 15.4. The van der Waals surface area contributed by atoms with Crippen molar-refractivity contribution in [1.29, 1.82) is 0 Å². The predicted molar refractivity (Wildman–Crippen MR) is 60.4 cm³/mol. The minimum absolute atomic E-state index is 0.0833. The van der Waals surface area contributed by atoms with Gasteiger partial charge >= 0.3 is 12.3 Å². The van der Waals surface area contributed by atoms with Crippen LogP contribution in [-0.4, -0.2) is 30.0 Å². The van der Waals surface area contributed by atoms with E-state index in [1.807, 2.05) is 0 Å². The minimum atomic E-state index is -4.30. The molecule has 0 saturated heterocycles. The first-order chi connectivity index (χ1) is 8.77. The highest BCUT2D eigenvalue weighted by Gasteiger charge is 2.41. The van der Waals surface area contributed by atoms with Crippen molar-refractivity contribution in [3.63, 3.8) is 0 Å². The Morgan fingerprint density at radius 3 is 2.63 bits per heavy atom. The largest absolute Gasteiger partial charge is 0.486 e. The van der Waals surface area contributed by atoms with Gasteiger partial charge in [0.25, 0.3) is 0 Å². The standard InChI is InChI=1S/C10H9ClF4N2O2/c11-5-1-2-7(6(3-5)8(16)17-18)19-4-10(14,15)9(12)13/h1-3,9,18H,4H2,(H2,16,17). The van der Waals surface area contributed by atoms with Crippen LogP contribution >= 0.6 is 11.6 Å². The third-order valence-electron chi connectivity index (χ3n) is 2.06. The normalized spacial score (nSPS) is 12.8. The smallest absolute Gasteiger partial charge is 0.340 e. The molecular formula is C10H9ClF4N2O2. The Labute approximate surface area is 110 Å². The van der Waals surface area contributed by atoms with Crippen molar-refractivity contribution in [1.82, 2.24) is 0 Å². The number of nitrogens with two attached hydrogens (primary N) is 1. The Hall–Kier alpha value is -1.70. The molecule has 19 heavy (non-hydrogen) atoms. The van der Waals surface area contributed by atoms with Gasteiger partial charge in [-0.05, 0) is 18.2 Å². The van der Waals surface area contributed by atoms with E-state index in [1.165, 1.54) is 12.1 Å². The van der Waals surface area contributed by atoms with Crippen molar-refractivity contribution in [3.05, 3.63) is 28.8 Å². The van der Waals surface area contributed by atoms with Crippen LogP contribution in [-0.2, 0) is 0 Å². The van der Waals surface area contributed by atoms with E-state index in [0.29, 0.717) is 0 Å². The monoisotopic (exact) mass is 300 g/mol. The van der Waals surface area contributed by atoms with E-state index in [2.05, 4.69) is 9.89 Å². The lowest BCUT2D eigenvalue weighted by atomic mass is 10.2. The van der Waals surface area contributed by atoms with Gasteiger partial charge in [0.05, 0.1) is 5.56 Å². The summed E-state index contributed by atoms with van der Waals surface area (Å²) >= 11 is 5.64. The van der Waals surface area contributed by atoms with Gasteiger partial charge in [0.2, 0.25) is 0 Å². The number of rotatable bonds is 5. The molecule has 0 aliphatic rings. The van der Waals surface area contributed by atoms with E-state index in [1.54, 1.807) is 0 Å². The number of alkyl halides is 4. The highest BCUT2D eigenvalue weighted by Crippen LogP contribution is 2.27. The van der Waals surface area contributed by atoms with Crippen LogP contribution in [0.2, 0.25) is 5.02 Å². The van der Waals surface area contributed by atoms with Gasteiger partial charge in [0.15, 0.2) is 12.4 Å². The second-order valence-corrected chi connectivity index (χ2v) is 3.91. The second kappa shape index (κ2) is 5.96. The summed E-state index contributed by atoms with van der Waals surface area (Å²) in [4.78, 5) is 0. The third-order valence-corrected chi connectivity index (χ3v) is 2.30. The maximum Gasteiger partial charge on any atom is 0.340 e. The predicted octanol–water partition coefficient (Wildman–Crippen LogP) is 2.71. The number of amidine groups is 1. The van der Waals surface area contributed by atoms with Crippen LogP contribution in [0.15, 0.2) is 23.4 Å². The van der Waals surface area contributed by atoms with Crippen LogP contribution < -0.4 is 10.5 Å². The summed E-state index contributed by atoms with van der Waals surface area (Å²) in [5.74, 6) is -5.00. The van der Waals surface area contributed by atoms with Gasteiger partial charge in [-0.25, -0.2) is 8.78 Å². The Bertz CT molecular complexity index is 483. The molecule has 4 nitrogen and oxygen atoms in total. The van der Waals surface area contributed by atoms with Crippen LogP contribution in [0.25, 0.3) is 0 Å². The van der Waals surface area contributed by atoms with Crippen LogP contribution in [0, 0.1) is 0 Å². The molecule has 0 saturated carbocycles. The van der Waals surface area contributed by atoms with Crippen LogP contribution in [0.5, 0.6) is 5.75 Å². The lowest BCUT2D eigenvalue weighted by molar-refractivity contribution is -0.148. The molecule has 9 heteroatoms. The first-order valence-corrected chi connectivity index (χ1v) is 5.22. The van der Waals surface area contributed by atoms with Crippen molar-refractivity contribution in [3.8, 4) is 5.75 Å². The van der Waals surface area contributed by atoms with E-state index < -0.39 is 24.8 Å². The Morgan fingerprint density at radius 1 is 1.47 bits per heavy atom. The summed E-state index contributed by atoms with van der Waals surface area (Å²) in [7, 11) is 0. The molecule has 0 unspecified atom stereocenters. The summed E-state index contributed by atoms with van der Waals surface area (Å²) < 4.78 is 53.9. The molecule has 0 bridgehead atoms. The van der Waals surface area contributed by atoms with Gasteiger partial charge < -0.3 is 15.7 Å². The Balaban J connectivity index is 2.96. The first-order valence-electron chi connectivity index (χ1n) is 4.84. The molecule has 0 fully saturated rings. The van der Waals surface area contributed by atoms with E-state index >= 15 is 0 Å². The Kier molecular flexibility index (Phi) is 4.82. The molecule has 1 aromatic carbocycles. The molecule has 0 radical (unpaired) electrons. The van der Waals surface area contributed by atoms with Crippen molar-refractivity contribution in [2.75, 3.05) is 6.61 Å². The van der Waals surface area contributed by atoms with E-state index in [9.17, 15) is 17.6 Å². The van der Waals surface area contributed by atoms with Crippen molar-refractivity contribution in [2.45, 2.75) is 12.3 Å². The van der Waals surface area contributed by atoms with Crippen LogP contribution in [0.3, 0.4) is 0 Å². The molecule has 0 heterocycles. The van der Waals surface area contributed by atoms with Crippen LogP contribution in [0.1, 0.15) is 5.56 Å². The van der Waals surface area contributed by atoms with E-state index in [0.717, 1.165) is 6.07 Å². The van der Waals surface area contributed by atoms with Crippen LogP contribution in [0.4, 0.5) is 17.6 Å². The molecule has 3 N–H and O–H groups in total. The van der Waals surface area contributed by atoms with Crippen molar-refractivity contribution < 1.29 is 27.5 Å². The van der Waals surface area contributed by atoms with Gasteiger partial charge in [-0.2, -0.15) is 8.78 Å². The molecule has 0 aliphatic carbocycles.